The van der Waals surface area contributed by atoms with Crippen LogP contribution in [0.4, 0.5) is 9.18 Å². The van der Waals surface area contributed by atoms with E-state index >= 15 is 0 Å². The first kappa shape index (κ1) is 15.5. The Labute approximate surface area is 133 Å². The summed E-state index contributed by atoms with van der Waals surface area (Å²) in [5.41, 5.74) is 1.40. The van der Waals surface area contributed by atoms with Gasteiger partial charge < -0.3 is 5.32 Å². The highest BCUT2D eigenvalue weighted by atomic mass is 19.1. The van der Waals surface area contributed by atoms with Crippen LogP contribution < -0.4 is 10.7 Å². The van der Waals surface area contributed by atoms with Crippen LogP contribution in [0, 0.1) is 11.7 Å². The van der Waals surface area contributed by atoms with Gasteiger partial charge in [0.1, 0.15) is 11.4 Å². The van der Waals surface area contributed by atoms with Crippen molar-refractivity contribution in [2.75, 3.05) is 0 Å². The summed E-state index contributed by atoms with van der Waals surface area (Å²) in [6.45, 7) is 2.11. The Hall–Kier alpha value is -2.44. The smallest absolute Gasteiger partial charge is 0.322 e. The predicted octanol–water partition coefficient (Wildman–Crippen LogP) is 1.97. The fraction of sp³-hybridized carbons (Fsp3) is 0.438. The standard InChI is InChI=1S/C16H18FN3O3/c1-10-5-7-16(8-6-10)14(22)20(15(23)18-16)19-13(21)11-3-2-4-12(17)9-11/h2-4,9-10H,5-8H2,1H3,(H,18,23)(H,19,21). The van der Waals surface area contributed by atoms with Crippen molar-refractivity contribution in [3.8, 4) is 0 Å². The van der Waals surface area contributed by atoms with E-state index in [0.29, 0.717) is 23.8 Å². The summed E-state index contributed by atoms with van der Waals surface area (Å²) in [6, 6.07) is 4.41. The van der Waals surface area contributed by atoms with Gasteiger partial charge >= 0.3 is 6.03 Å². The Morgan fingerprint density at radius 2 is 2.04 bits per heavy atom. The largest absolute Gasteiger partial charge is 0.344 e. The third-order valence-corrected chi connectivity index (χ3v) is 4.59. The first-order valence-corrected chi connectivity index (χ1v) is 7.64. The van der Waals surface area contributed by atoms with Gasteiger partial charge in [-0.25, -0.2) is 9.18 Å². The molecule has 2 fully saturated rings. The Morgan fingerprint density at radius 3 is 2.70 bits per heavy atom. The van der Waals surface area contributed by atoms with Gasteiger partial charge in [0.25, 0.3) is 11.8 Å². The number of hydrazine groups is 1. The van der Waals surface area contributed by atoms with E-state index in [-0.39, 0.29) is 5.56 Å². The number of rotatable bonds is 2. The Bertz CT molecular complexity index is 668. The normalized spacial score (nSPS) is 27.2. The van der Waals surface area contributed by atoms with Crippen LogP contribution in [0.2, 0.25) is 0 Å². The van der Waals surface area contributed by atoms with E-state index in [1.165, 1.54) is 18.2 Å². The van der Waals surface area contributed by atoms with Gasteiger partial charge in [-0.2, -0.15) is 5.01 Å². The van der Waals surface area contributed by atoms with E-state index in [0.717, 1.165) is 18.9 Å². The molecule has 1 aromatic rings. The van der Waals surface area contributed by atoms with Gasteiger partial charge in [-0.3, -0.25) is 15.0 Å². The molecule has 1 aliphatic heterocycles. The molecule has 0 aromatic heterocycles. The summed E-state index contributed by atoms with van der Waals surface area (Å²) in [6.07, 6.45) is 2.81. The average Bonchev–Trinajstić information content (AvgIpc) is 2.75. The quantitative estimate of drug-likeness (QED) is 0.818. The van der Waals surface area contributed by atoms with E-state index in [1.54, 1.807) is 0 Å². The van der Waals surface area contributed by atoms with Crippen molar-refractivity contribution >= 4 is 17.8 Å². The second-order valence-corrected chi connectivity index (χ2v) is 6.29. The average molecular weight is 319 g/mol. The third kappa shape index (κ3) is 2.78. The minimum absolute atomic E-state index is 0.0452. The fourth-order valence-corrected chi connectivity index (χ4v) is 3.11. The van der Waals surface area contributed by atoms with Gasteiger partial charge in [0.15, 0.2) is 0 Å². The van der Waals surface area contributed by atoms with Crippen molar-refractivity contribution in [1.29, 1.82) is 0 Å². The molecule has 4 amide bonds. The molecular weight excluding hydrogens is 301 g/mol. The van der Waals surface area contributed by atoms with Crippen molar-refractivity contribution in [3.05, 3.63) is 35.6 Å². The molecule has 2 aliphatic rings. The summed E-state index contributed by atoms with van der Waals surface area (Å²) >= 11 is 0. The van der Waals surface area contributed by atoms with Crippen LogP contribution in [-0.2, 0) is 4.79 Å². The predicted molar refractivity (Wildman–Crippen MR) is 79.6 cm³/mol. The van der Waals surface area contributed by atoms with Crippen molar-refractivity contribution in [3.63, 3.8) is 0 Å². The zero-order chi connectivity index (χ0) is 16.6. The molecule has 0 radical (unpaired) electrons. The molecule has 1 saturated heterocycles. The number of nitrogens with one attached hydrogen (secondary N) is 2. The molecule has 0 atom stereocenters. The topological polar surface area (TPSA) is 78.5 Å². The van der Waals surface area contributed by atoms with Gasteiger partial charge in [0, 0.05) is 5.56 Å². The highest BCUT2D eigenvalue weighted by Crippen LogP contribution is 2.35. The van der Waals surface area contributed by atoms with Crippen LogP contribution in [0.1, 0.15) is 43.0 Å². The van der Waals surface area contributed by atoms with Crippen molar-refractivity contribution in [2.45, 2.75) is 38.1 Å². The number of benzene rings is 1. The molecule has 1 heterocycles. The first-order chi connectivity index (χ1) is 10.9. The van der Waals surface area contributed by atoms with E-state index in [9.17, 15) is 18.8 Å². The number of carbonyl (C=O) groups is 3. The molecule has 6 nitrogen and oxygen atoms in total. The minimum Gasteiger partial charge on any atom is -0.322 e. The van der Waals surface area contributed by atoms with Crippen LogP contribution in [0.5, 0.6) is 0 Å². The lowest BCUT2D eigenvalue weighted by molar-refractivity contribution is -0.134. The maximum Gasteiger partial charge on any atom is 0.344 e. The highest BCUT2D eigenvalue weighted by molar-refractivity contribution is 6.09. The Morgan fingerprint density at radius 1 is 1.35 bits per heavy atom. The van der Waals surface area contributed by atoms with Gasteiger partial charge in [-0.15, -0.1) is 0 Å². The van der Waals surface area contributed by atoms with Gasteiger partial charge in [0.2, 0.25) is 0 Å². The summed E-state index contributed by atoms with van der Waals surface area (Å²) in [5, 5.41) is 3.42. The molecular formula is C16H18FN3O3. The number of halogens is 1. The van der Waals surface area contributed by atoms with Crippen molar-refractivity contribution in [2.24, 2.45) is 5.92 Å². The molecule has 2 N–H and O–H groups in total. The lowest BCUT2D eigenvalue weighted by atomic mass is 9.77. The molecule has 3 rings (SSSR count). The summed E-state index contributed by atoms with van der Waals surface area (Å²) in [4.78, 5) is 36.8. The summed E-state index contributed by atoms with van der Waals surface area (Å²) in [7, 11) is 0. The lowest BCUT2D eigenvalue weighted by Gasteiger charge is -2.33. The second-order valence-electron chi connectivity index (χ2n) is 6.29. The van der Waals surface area contributed by atoms with Gasteiger partial charge in [0.05, 0.1) is 0 Å². The maximum atomic E-state index is 13.2. The van der Waals surface area contributed by atoms with Crippen LogP contribution >= 0.6 is 0 Å². The summed E-state index contributed by atoms with van der Waals surface area (Å²) in [5.74, 6) is -1.19. The number of amides is 4. The summed E-state index contributed by atoms with van der Waals surface area (Å²) < 4.78 is 13.2. The molecule has 23 heavy (non-hydrogen) atoms. The molecule has 122 valence electrons. The first-order valence-electron chi connectivity index (χ1n) is 7.64. The number of hydrogen-bond donors (Lipinski definition) is 2. The SMILES string of the molecule is CC1CCC2(CC1)NC(=O)N(NC(=O)c1cccc(F)c1)C2=O. The number of hydrogen-bond acceptors (Lipinski definition) is 3. The van der Waals surface area contributed by atoms with E-state index < -0.39 is 29.2 Å². The molecule has 1 aromatic carbocycles. The molecule has 1 saturated carbocycles. The van der Waals surface area contributed by atoms with Crippen molar-refractivity contribution < 1.29 is 18.8 Å². The zero-order valence-corrected chi connectivity index (χ0v) is 12.8. The Kier molecular flexibility index (Phi) is 3.79. The zero-order valence-electron chi connectivity index (χ0n) is 12.8. The monoisotopic (exact) mass is 319 g/mol. The van der Waals surface area contributed by atoms with E-state index in [4.69, 9.17) is 0 Å². The van der Waals surface area contributed by atoms with E-state index in [1.807, 2.05) is 0 Å². The van der Waals surface area contributed by atoms with Crippen LogP contribution in [0.25, 0.3) is 0 Å². The number of urea groups is 1. The third-order valence-electron chi connectivity index (χ3n) is 4.59. The lowest BCUT2D eigenvalue weighted by Crippen LogP contribution is -2.51. The number of nitrogens with zero attached hydrogens (tertiary/aromatic N) is 1. The second kappa shape index (κ2) is 5.64. The van der Waals surface area contributed by atoms with Gasteiger partial charge in [-0.05, 0) is 49.8 Å². The van der Waals surface area contributed by atoms with E-state index in [2.05, 4.69) is 17.7 Å². The molecule has 0 bridgehead atoms. The van der Waals surface area contributed by atoms with Crippen molar-refractivity contribution in [1.82, 2.24) is 15.8 Å². The molecule has 1 spiro atoms. The van der Waals surface area contributed by atoms with Crippen LogP contribution in [-0.4, -0.2) is 28.4 Å². The number of carbonyl (C=O) groups excluding carboxylic acids is 3. The van der Waals surface area contributed by atoms with Crippen LogP contribution in [0.3, 0.4) is 0 Å². The van der Waals surface area contributed by atoms with Gasteiger partial charge in [-0.1, -0.05) is 13.0 Å². The fourth-order valence-electron chi connectivity index (χ4n) is 3.11. The van der Waals surface area contributed by atoms with Crippen LogP contribution in [0.15, 0.2) is 24.3 Å². The maximum absolute atomic E-state index is 13.2. The Balaban J connectivity index is 1.75. The molecule has 1 aliphatic carbocycles. The number of imide groups is 1. The minimum atomic E-state index is -0.918. The molecule has 7 heteroatoms. The highest BCUT2D eigenvalue weighted by Gasteiger charge is 2.52. The molecule has 0 unspecified atom stereocenters.